The summed E-state index contributed by atoms with van der Waals surface area (Å²) >= 11 is 0. The number of carbonyl (C=O) groups excluding carboxylic acids is 4. The van der Waals surface area contributed by atoms with Crippen molar-refractivity contribution in [1.29, 1.82) is 0 Å². The number of hydrogen-bond donors (Lipinski definition) is 3. The summed E-state index contributed by atoms with van der Waals surface area (Å²) in [4.78, 5) is 73.1. The molecular formula is C84H164O17P2. The van der Waals surface area contributed by atoms with E-state index in [0.29, 0.717) is 31.6 Å². The van der Waals surface area contributed by atoms with Gasteiger partial charge in [0.1, 0.15) is 19.3 Å². The summed E-state index contributed by atoms with van der Waals surface area (Å²) in [6.07, 6.45) is 69.6. The zero-order valence-corrected chi connectivity index (χ0v) is 69.3. The van der Waals surface area contributed by atoms with Gasteiger partial charge in [-0.1, -0.05) is 401 Å². The van der Waals surface area contributed by atoms with Crippen LogP contribution in [0.3, 0.4) is 0 Å². The number of unbranched alkanes of at least 4 members (excludes halogenated alkanes) is 56. The van der Waals surface area contributed by atoms with E-state index in [1.54, 1.807) is 0 Å². The van der Waals surface area contributed by atoms with Crippen LogP contribution in [-0.2, 0) is 65.4 Å². The monoisotopic (exact) mass is 1510 g/mol. The Morgan fingerprint density at radius 1 is 0.262 bits per heavy atom. The quantitative estimate of drug-likeness (QED) is 0.0222. The maximum absolute atomic E-state index is 13.1. The van der Waals surface area contributed by atoms with Crippen LogP contribution in [0.15, 0.2) is 0 Å². The molecule has 0 aliphatic rings. The van der Waals surface area contributed by atoms with Gasteiger partial charge in [-0.05, 0) is 31.6 Å². The molecular weight excluding hydrogens is 1340 g/mol. The first-order valence-electron chi connectivity index (χ1n) is 43.6. The van der Waals surface area contributed by atoms with Gasteiger partial charge in [-0.25, -0.2) is 9.13 Å². The van der Waals surface area contributed by atoms with E-state index in [1.807, 2.05) is 0 Å². The van der Waals surface area contributed by atoms with E-state index in [4.69, 9.17) is 37.0 Å². The molecule has 103 heavy (non-hydrogen) atoms. The van der Waals surface area contributed by atoms with E-state index in [-0.39, 0.29) is 25.7 Å². The smallest absolute Gasteiger partial charge is 0.462 e. The van der Waals surface area contributed by atoms with Crippen LogP contribution in [0, 0.1) is 5.92 Å². The minimum absolute atomic E-state index is 0.108. The molecule has 0 fully saturated rings. The number of aliphatic hydroxyl groups is 1. The fourth-order valence-corrected chi connectivity index (χ4v) is 14.7. The highest BCUT2D eigenvalue weighted by molar-refractivity contribution is 7.47. The first kappa shape index (κ1) is 101. The lowest BCUT2D eigenvalue weighted by atomic mass is 10.0. The molecule has 17 nitrogen and oxygen atoms in total. The van der Waals surface area contributed by atoms with Crippen LogP contribution >= 0.6 is 15.6 Å². The second kappa shape index (κ2) is 76.8. The Balaban J connectivity index is 5.22. The van der Waals surface area contributed by atoms with E-state index in [2.05, 4.69) is 34.6 Å². The molecule has 0 rings (SSSR count). The van der Waals surface area contributed by atoms with Gasteiger partial charge in [0.25, 0.3) is 0 Å². The Kier molecular flexibility index (Phi) is 75.4. The van der Waals surface area contributed by atoms with Gasteiger partial charge < -0.3 is 33.8 Å². The number of ether oxygens (including phenoxy) is 4. The largest absolute Gasteiger partial charge is 0.472 e. The maximum atomic E-state index is 13.1. The molecule has 0 aromatic rings. The predicted octanol–water partition coefficient (Wildman–Crippen LogP) is 25.6. The molecule has 0 amide bonds. The first-order chi connectivity index (χ1) is 50.0. The lowest BCUT2D eigenvalue weighted by molar-refractivity contribution is -0.161. The van der Waals surface area contributed by atoms with Crippen LogP contribution < -0.4 is 0 Å². The molecule has 0 saturated carbocycles. The minimum Gasteiger partial charge on any atom is -0.462 e. The lowest BCUT2D eigenvalue weighted by Gasteiger charge is -2.21. The van der Waals surface area contributed by atoms with Crippen LogP contribution in [0.4, 0.5) is 0 Å². The number of rotatable bonds is 84. The van der Waals surface area contributed by atoms with Gasteiger partial charge in [0.2, 0.25) is 0 Å². The van der Waals surface area contributed by atoms with Gasteiger partial charge in [-0.3, -0.25) is 37.3 Å². The Labute approximate surface area is 632 Å². The first-order valence-corrected chi connectivity index (χ1v) is 46.6. The van der Waals surface area contributed by atoms with Crippen molar-refractivity contribution in [3.05, 3.63) is 0 Å². The maximum Gasteiger partial charge on any atom is 0.472 e. The van der Waals surface area contributed by atoms with Crippen molar-refractivity contribution in [3.63, 3.8) is 0 Å². The Bertz CT molecular complexity index is 1960. The molecule has 0 aromatic carbocycles. The van der Waals surface area contributed by atoms with Crippen LogP contribution in [0.25, 0.3) is 0 Å². The van der Waals surface area contributed by atoms with Gasteiger partial charge in [0.05, 0.1) is 26.4 Å². The number of aliphatic hydroxyl groups excluding tert-OH is 1. The molecule has 0 saturated heterocycles. The zero-order chi connectivity index (χ0) is 75.5. The summed E-state index contributed by atoms with van der Waals surface area (Å²) in [6, 6.07) is 0. The Morgan fingerprint density at radius 2 is 0.447 bits per heavy atom. The van der Waals surface area contributed by atoms with Crippen LogP contribution in [0.1, 0.15) is 452 Å². The molecule has 0 radical (unpaired) electrons. The highest BCUT2D eigenvalue weighted by atomic mass is 31.2. The summed E-state index contributed by atoms with van der Waals surface area (Å²) in [7, 11) is -9.92. The zero-order valence-electron chi connectivity index (χ0n) is 67.5. The van der Waals surface area contributed by atoms with Gasteiger partial charge in [-0.15, -0.1) is 0 Å². The Morgan fingerprint density at radius 3 is 0.660 bits per heavy atom. The van der Waals surface area contributed by atoms with E-state index < -0.39 is 97.5 Å². The molecule has 2 unspecified atom stereocenters. The van der Waals surface area contributed by atoms with Gasteiger partial charge in [-0.2, -0.15) is 0 Å². The van der Waals surface area contributed by atoms with Crippen molar-refractivity contribution in [2.24, 2.45) is 5.92 Å². The topological polar surface area (TPSA) is 237 Å². The van der Waals surface area contributed by atoms with E-state index in [1.165, 1.54) is 270 Å². The molecule has 0 aliphatic carbocycles. The highest BCUT2D eigenvalue weighted by Crippen LogP contribution is 2.45. The van der Waals surface area contributed by atoms with Crippen molar-refractivity contribution < 1.29 is 80.2 Å². The highest BCUT2D eigenvalue weighted by Gasteiger charge is 2.30. The third kappa shape index (κ3) is 78.0. The molecule has 0 aliphatic heterocycles. The van der Waals surface area contributed by atoms with Crippen molar-refractivity contribution in [2.75, 3.05) is 39.6 Å². The van der Waals surface area contributed by atoms with Gasteiger partial charge in [0, 0.05) is 25.7 Å². The third-order valence-corrected chi connectivity index (χ3v) is 21.7. The predicted molar refractivity (Wildman–Crippen MR) is 423 cm³/mol. The lowest BCUT2D eigenvalue weighted by Crippen LogP contribution is -2.30. The average Bonchev–Trinajstić information content (AvgIpc) is 0.926. The van der Waals surface area contributed by atoms with Crippen LogP contribution in [-0.4, -0.2) is 96.7 Å². The van der Waals surface area contributed by atoms with Crippen molar-refractivity contribution >= 4 is 39.5 Å². The van der Waals surface area contributed by atoms with Crippen LogP contribution in [0.2, 0.25) is 0 Å². The molecule has 3 N–H and O–H groups in total. The number of carbonyl (C=O) groups is 4. The standard InChI is InChI=1S/C84H164O17P2/c1-6-9-12-15-18-21-24-27-30-32-34-36-38-40-43-46-49-54-60-65-70-83(88)100-79(73-94-81(86)67-62-57-52-47-44-42-39-37-35-33-31-28-25-22-19-16-13-10-7-2)75-98-102(90,91)96-71-78(85)72-97-103(92,93)99-76-80(74-95-82(87)68-63-58-55-50-51-56-61-66-77(4)5)101-84(89)69-64-59-53-48-45-41-29-26-23-20-17-14-11-8-3/h77-80,85H,6-76H2,1-5H3,(H,90,91)(H,92,93)/t78-,79-,80-/m1/s1. The number of hydrogen-bond acceptors (Lipinski definition) is 15. The SMILES string of the molecule is CCCCCCCCCCCCCCCCCCCCCCC(=O)O[C@H](COC(=O)CCCCCCCCCCCCCCCCCCCCC)COP(=O)(O)OC[C@@H](O)COP(=O)(O)OC[C@@H](COC(=O)CCCCCCCCCC(C)C)OC(=O)CCCCCCCCCCCCCCCC. The summed E-state index contributed by atoms with van der Waals surface area (Å²) < 4.78 is 68.8. The normalized spacial score (nSPS) is 13.8. The third-order valence-electron chi connectivity index (χ3n) is 19.8. The van der Waals surface area contributed by atoms with E-state index >= 15 is 0 Å². The molecule has 5 atom stereocenters. The second-order valence-electron chi connectivity index (χ2n) is 30.7. The molecule has 0 aromatic heterocycles. The fourth-order valence-electron chi connectivity index (χ4n) is 13.1. The van der Waals surface area contributed by atoms with Gasteiger partial charge >= 0.3 is 39.5 Å². The Hall–Kier alpha value is -1.94. The summed E-state index contributed by atoms with van der Waals surface area (Å²) in [5.74, 6) is -1.40. The fraction of sp³-hybridized carbons (Fsp3) is 0.952. The van der Waals surface area contributed by atoms with E-state index in [9.17, 15) is 43.2 Å². The number of phosphoric ester groups is 2. The van der Waals surface area contributed by atoms with Gasteiger partial charge in [0.15, 0.2) is 12.2 Å². The number of esters is 4. The molecule has 0 spiro atoms. The summed E-state index contributed by atoms with van der Waals surface area (Å²) in [5, 5.41) is 10.7. The summed E-state index contributed by atoms with van der Waals surface area (Å²) in [6.45, 7) is 7.30. The van der Waals surface area contributed by atoms with E-state index in [0.717, 1.165) is 96.3 Å². The summed E-state index contributed by atoms with van der Waals surface area (Å²) in [5.41, 5.74) is 0. The minimum atomic E-state index is -4.96. The molecule has 0 heterocycles. The number of phosphoric acid groups is 2. The van der Waals surface area contributed by atoms with Crippen molar-refractivity contribution in [3.8, 4) is 0 Å². The average molecular weight is 1510 g/mol. The molecule has 0 bridgehead atoms. The van der Waals surface area contributed by atoms with Crippen LogP contribution in [0.5, 0.6) is 0 Å². The van der Waals surface area contributed by atoms with Crippen molar-refractivity contribution in [1.82, 2.24) is 0 Å². The molecule has 19 heteroatoms. The second-order valence-corrected chi connectivity index (χ2v) is 33.6. The molecule has 612 valence electrons. The van der Waals surface area contributed by atoms with Crippen molar-refractivity contribution in [2.45, 2.75) is 470 Å².